The molecular weight excluding hydrogens is 486 g/mol. The summed E-state index contributed by atoms with van der Waals surface area (Å²) in [5.74, 6) is 0. The van der Waals surface area contributed by atoms with Gasteiger partial charge in [0.25, 0.3) is 0 Å². The van der Waals surface area contributed by atoms with Crippen molar-refractivity contribution in [2.45, 2.75) is 15.3 Å². The van der Waals surface area contributed by atoms with Gasteiger partial charge in [0.15, 0.2) is 0 Å². The molecule has 0 rings (SSSR count). The molecule has 0 aromatic heterocycles. The molecule has 0 aliphatic carbocycles. The monoisotopic (exact) mass is 492 g/mol. The summed E-state index contributed by atoms with van der Waals surface area (Å²) in [5.41, 5.74) is 0. The maximum absolute atomic E-state index is 5.70. The Morgan fingerprint density at radius 3 is 1.09 bits per heavy atom. The summed E-state index contributed by atoms with van der Waals surface area (Å²) in [4.78, 5) is 0. The van der Waals surface area contributed by atoms with Gasteiger partial charge in [-0.15, -0.1) is 0 Å². The zero-order valence-corrected chi connectivity index (χ0v) is 15.6. The van der Waals surface area contributed by atoms with E-state index in [9.17, 15) is 0 Å². The van der Waals surface area contributed by atoms with Gasteiger partial charge in [0.1, 0.15) is 0 Å². The Bertz CT molecular complexity index is 100.0. The van der Waals surface area contributed by atoms with Gasteiger partial charge >= 0.3 is 98.8 Å². The van der Waals surface area contributed by atoms with Crippen LogP contribution in [0.4, 0.5) is 0 Å². The van der Waals surface area contributed by atoms with E-state index in [2.05, 4.69) is 0 Å². The van der Waals surface area contributed by atoms with E-state index >= 15 is 0 Å². The van der Waals surface area contributed by atoms with Gasteiger partial charge in [-0.1, -0.05) is 0 Å². The van der Waals surface area contributed by atoms with Crippen molar-refractivity contribution in [1.82, 2.24) is 0 Å². The third-order valence-electron chi connectivity index (χ3n) is 0.921. The third-order valence-corrected chi connectivity index (χ3v) is 13.8. The summed E-state index contributed by atoms with van der Waals surface area (Å²) >= 11 is -6.27. The Morgan fingerprint density at radius 2 is 0.909 bits per heavy atom. The molecule has 0 N–H and O–H groups in total. The quantitative estimate of drug-likeness (QED) is 0.500. The van der Waals surface area contributed by atoms with Gasteiger partial charge in [0.05, 0.1) is 0 Å². The van der Waals surface area contributed by atoms with E-state index in [0.29, 0.717) is 8.87 Å². The molecule has 0 aliphatic rings. The molecule has 11 heavy (non-hydrogen) atoms. The van der Waals surface area contributed by atoms with Crippen LogP contribution in [0, 0.1) is 0 Å². The Hall–Kier alpha value is 3.34. The van der Waals surface area contributed by atoms with Crippen molar-refractivity contribution in [3.8, 4) is 0 Å². The van der Waals surface area contributed by atoms with Crippen molar-refractivity contribution in [1.29, 1.82) is 0 Å². The Labute approximate surface area is 96.8 Å². The minimum absolute atomic E-state index is 0.657. The van der Waals surface area contributed by atoms with Crippen molar-refractivity contribution in [2.24, 2.45) is 0 Å². The van der Waals surface area contributed by atoms with Crippen LogP contribution in [0.5, 0.6) is 0 Å². The fourth-order valence-electron chi connectivity index (χ4n) is 0.489. The first-order valence-corrected chi connectivity index (χ1v) is 28.6. The summed E-state index contributed by atoms with van der Waals surface area (Å²) in [6.07, 6.45) is 0.763. The molecule has 0 amide bonds. The van der Waals surface area contributed by atoms with Crippen LogP contribution in [0.15, 0.2) is 0 Å². The molecule has 8 heteroatoms. The zero-order valence-electron chi connectivity index (χ0n) is 5.39. The van der Waals surface area contributed by atoms with E-state index in [1.165, 1.54) is 0 Å². The zero-order chi connectivity index (χ0) is 9.12. The molecule has 0 aliphatic heterocycles. The Balaban J connectivity index is 3.44. The molecule has 0 aromatic rings. The van der Waals surface area contributed by atoms with Gasteiger partial charge in [0, 0.05) is 0 Å². The fourth-order valence-corrected chi connectivity index (χ4v) is 12.0. The molecule has 0 spiro atoms. The van der Waals surface area contributed by atoms with Crippen LogP contribution < -0.4 is 0 Å². The van der Waals surface area contributed by atoms with Gasteiger partial charge in [0.2, 0.25) is 0 Å². The van der Waals surface area contributed by atoms with E-state index in [1.807, 2.05) is 0 Å². The van der Waals surface area contributed by atoms with Gasteiger partial charge < -0.3 is 0 Å². The minimum atomic E-state index is -3.14. The van der Waals surface area contributed by atoms with Gasteiger partial charge in [-0.2, -0.15) is 0 Å². The predicted octanol–water partition coefficient (Wildman–Crippen LogP) is 4.69. The second-order valence-electron chi connectivity index (χ2n) is 2.08. The van der Waals surface area contributed by atoms with E-state index < -0.39 is 30.0 Å². The number of rotatable bonds is 4. The molecule has 0 saturated carbocycles. The van der Waals surface area contributed by atoms with Crippen LogP contribution in [-0.2, 0) is 0 Å². The summed E-state index contributed by atoms with van der Waals surface area (Å²) in [6.45, 7) is 0. The average Bonchev–Trinajstić information content (AvgIpc) is 1.55. The molecule has 0 unspecified atom stereocenters. The molecule has 0 aromatic carbocycles. The Kier molecular flexibility index (Phi) is 7.87. The van der Waals surface area contributed by atoms with Crippen molar-refractivity contribution in [3.05, 3.63) is 0 Å². The Morgan fingerprint density at radius 1 is 0.636 bits per heavy atom. The predicted molar refractivity (Wildman–Crippen MR) is 60.9 cm³/mol. The molecule has 0 atom stereocenters. The summed E-state index contributed by atoms with van der Waals surface area (Å²) < 4.78 is 1.31. The van der Waals surface area contributed by atoms with E-state index in [0.717, 1.165) is 6.42 Å². The van der Waals surface area contributed by atoms with E-state index in [4.69, 9.17) is 53.5 Å². The first-order chi connectivity index (χ1) is 4.71. The molecule has 0 nitrogen and oxygen atoms in total. The SMILES string of the molecule is [Cl][Sn]([Cl])([Cl])[CH2]C[CH2][Sn]([Cl])([Cl])[Cl]. The summed E-state index contributed by atoms with van der Waals surface area (Å²) in [7, 11) is 34.2. The second-order valence-corrected chi connectivity index (χ2v) is 45.7. The maximum atomic E-state index is 5.70. The van der Waals surface area contributed by atoms with Crippen LogP contribution in [0.2, 0.25) is 8.87 Å². The van der Waals surface area contributed by atoms with Crippen molar-refractivity contribution < 1.29 is 0 Å². The first-order valence-electron chi connectivity index (χ1n) is 2.84. The van der Waals surface area contributed by atoms with Crippen LogP contribution >= 0.6 is 53.5 Å². The van der Waals surface area contributed by atoms with Crippen LogP contribution in [-0.4, -0.2) is 30.0 Å². The van der Waals surface area contributed by atoms with Crippen LogP contribution in [0.3, 0.4) is 0 Å². The molecule has 68 valence electrons. The normalized spacial score (nSPS) is 13.6. The third kappa shape index (κ3) is 13.3. The molecule has 0 bridgehead atoms. The van der Waals surface area contributed by atoms with E-state index in [-0.39, 0.29) is 0 Å². The van der Waals surface area contributed by atoms with Gasteiger partial charge in [-0.05, 0) is 0 Å². The molecular formula is C3H6Cl6Sn2. The number of hydrogen-bond acceptors (Lipinski definition) is 0. The van der Waals surface area contributed by atoms with Crippen molar-refractivity contribution in [2.75, 3.05) is 0 Å². The molecule has 0 fully saturated rings. The topological polar surface area (TPSA) is 0 Å². The standard InChI is InChI=1S/C3H6.6ClH.2Sn/c1-3-2;;;;;;;;/h1-3H2;6*1H;;/q;;;;;;;2*+3/p-6. The van der Waals surface area contributed by atoms with Crippen LogP contribution in [0.25, 0.3) is 0 Å². The number of hydrogen-bond donors (Lipinski definition) is 0. The van der Waals surface area contributed by atoms with E-state index in [1.54, 1.807) is 0 Å². The number of halogens is 6. The summed E-state index contributed by atoms with van der Waals surface area (Å²) in [5, 5.41) is 0. The average molecular weight is 492 g/mol. The second kappa shape index (κ2) is 6.04. The van der Waals surface area contributed by atoms with Crippen molar-refractivity contribution in [3.63, 3.8) is 0 Å². The van der Waals surface area contributed by atoms with Crippen LogP contribution in [0.1, 0.15) is 6.42 Å². The first kappa shape index (κ1) is 14.3. The van der Waals surface area contributed by atoms with Crippen molar-refractivity contribution >= 4 is 83.5 Å². The summed E-state index contributed by atoms with van der Waals surface area (Å²) in [6, 6.07) is 0. The molecule has 0 saturated heterocycles. The van der Waals surface area contributed by atoms with Gasteiger partial charge in [-0.3, -0.25) is 0 Å². The fraction of sp³-hybridized carbons (Fsp3) is 1.00. The van der Waals surface area contributed by atoms with Gasteiger partial charge in [-0.25, -0.2) is 0 Å². The molecule has 0 radical (unpaired) electrons. The molecule has 0 heterocycles.